The van der Waals surface area contributed by atoms with Crippen LogP contribution in [0.2, 0.25) is 0 Å². The van der Waals surface area contributed by atoms with Crippen LogP contribution in [0.4, 0.5) is 0 Å². The van der Waals surface area contributed by atoms with Gasteiger partial charge in [0.1, 0.15) is 24.6 Å². The summed E-state index contributed by atoms with van der Waals surface area (Å²) >= 11 is 0. The minimum atomic E-state index is -0.510. The molecule has 0 radical (unpaired) electrons. The summed E-state index contributed by atoms with van der Waals surface area (Å²) in [6, 6.07) is 8.24. The first-order valence-electron chi connectivity index (χ1n) is 12.4. The van der Waals surface area contributed by atoms with Crippen molar-refractivity contribution in [2.75, 3.05) is 19.8 Å². The first-order chi connectivity index (χ1) is 15.2. The van der Waals surface area contributed by atoms with Crippen molar-refractivity contribution >= 4 is 0 Å². The van der Waals surface area contributed by atoms with E-state index in [0.29, 0.717) is 13.2 Å². The van der Waals surface area contributed by atoms with E-state index in [4.69, 9.17) is 23.8 Å². The van der Waals surface area contributed by atoms with Crippen molar-refractivity contribution in [1.82, 2.24) is 5.06 Å². The molecule has 6 nitrogen and oxygen atoms in total. The Morgan fingerprint density at radius 2 is 1.72 bits per heavy atom. The number of ether oxygens (including phenoxy) is 4. The molecule has 4 rings (SSSR count). The summed E-state index contributed by atoms with van der Waals surface area (Å²) in [5, 5.41) is 2.27. The monoisotopic (exact) mass is 447 g/mol. The summed E-state index contributed by atoms with van der Waals surface area (Å²) < 4.78 is 23.8. The minimum absolute atomic E-state index is 0.0737. The van der Waals surface area contributed by atoms with E-state index in [-0.39, 0.29) is 29.4 Å². The van der Waals surface area contributed by atoms with Crippen molar-refractivity contribution in [2.24, 2.45) is 0 Å². The van der Waals surface area contributed by atoms with Crippen LogP contribution in [0, 0.1) is 0 Å². The van der Waals surface area contributed by atoms with Crippen molar-refractivity contribution < 1.29 is 23.8 Å². The van der Waals surface area contributed by atoms with Gasteiger partial charge in [-0.1, -0.05) is 32.9 Å². The SMILES string of the molecule is CCC1COC2(CC(C)(C)N(OC(C)c3ccc(OCC4CO4)cc3)C(CC)(CC)C2)O1. The summed E-state index contributed by atoms with van der Waals surface area (Å²) in [4.78, 5) is 6.76. The molecule has 180 valence electrons. The molecule has 1 aromatic rings. The van der Waals surface area contributed by atoms with E-state index in [0.717, 1.165) is 50.0 Å². The normalized spacial score (nSPS) is 32.2. The lowest BCUT2D eigenvalue weighted by Gasteiger charge is -2.59. The number of hydrogen-bond donors (Lipinski definition) is 0. The highest BCUT2D eigenvalue weighted by molar-refractivity contribution is 5.28. The summed E-state index contributed by atoms with van der Waals surface area (Å²) in [5.74, 6) is 0.359. The second-order valence-electron chi connectivity index (χ2n) is 10.3. The van der Waals surface area contributed by atoms with Gasteiger partial charge in [-0.25, -0.2) is 0 Å². The highest BCUT2D eigenvalue weighted by Crippen LogP contribution is 2.52. The molecular weight excluding hydrogens is 406 g/mol. The average Bonchev–Trinajstić information content (AvgIpc) is 3.54. The van der Waals surface area contributed by atoms with Gasteiger partial charge in [-0.3, -0.25) is 4.84 Å². The standard InChI is InChI=1S/C26H41NO5/c1-7-21-16-30-26(31-21)17-24(5,6)27(25(8-2,9-3)18-26)32-19(4)20-10-12-22(13-11-20)28-14-23-15-29-23/h10-13,19,21,23H,7-9,14-18H2,1-6H3. The van der Waals surface area contributed by atoms with Gasteiger partial charge in [0, 0.05) is 18.4 Å². The molecule has 1 aromatic carbocycles. The lowest BCUT2D eigenvalue weighted by atomic mass is 9.73. The average molecular weight is 448 g/mol. The Labute approximate surface area is 193 Å². The predicted molar refractivity (Wildman–Crippen MR) is 123 cm³/mol. The molecule has 4 atom stereocenters. The molecule has 6 heteroatoms. The van der Waals surface area contributed by atoms with Gasteiger partial charge in [0.2, 0.25) is 0 Å². The third-order valence-corrected chi connectivity index (χ3v) is 7.42. The van der Waals surface area contributed by atoms with Crippen molar-refractivity contribution in [1.29, 1.82) is 0 Å². The van der Waals surface area contributed by atoms with E-state index >= 15 is 0 Å². The van der Waals surface area contributed by atoms with Gasteiger partial charge in [-0.15, -0.1) is 0 Å². The van der Waals surface area contributed by atoms with Gasteiger partial charge < -0.3 is 18.9 Å². The summed E-state index contributed by atoms with van der Waals surface area (Å²) in [5.41, 5.74) is 0.761. The maximum absolute atomic E-state index is 6.76. The number of piperidine rings is 1. The maximum atomic E-state index is 6.76. The van der Waals surface area contributed by atoms with Crippen molar-refractivity contribution in [2.45, 2.75) is 109 Å². The van der Waals surface area contributed by atoms with Crippen molar-refractivity contribution in [3.05, 3.63) is 29.8 Å². The Hall–Kier alpha value is -1.18. The molecule has 0 aromatic heterocycles. The fourth-order valence-electron chi connectivity index (χ4n) is 5.46. The molecule has 0 aliphatic carbocycles. The molecule has 32 heavy (non-hydrogen) atoms. The van der Waals surface area contributed by atoms with Crippen LogP contribution in [0.3, 0.4) is 0 Å². The van der Waals surface area contributed by atoms with Crippen LogP contribution in [-0.2, 0) is 19.0 Å². The van der Waals surface area contributed by atoms with Gasteiger partial charge >= 0.3 is 0 Å². The third-order valence-electron chi connectivity index (χ3n) is 7.42. The molecule has 1 spiro atoms. The second-order valence-corrected chi connectivity index (χ2v) is 10.3. The summed E-state index contributed by atoms with van der Waals surface area (Å²) in [6.07, 6.45) is 4.93. The van der Waals surface area contributed by atoms with Crippen LogP contribution in [0.5, 0.6) is 5.75 Å². The second kappa shape index (κ2) is 9.22. The highest BCUT2D eigenvalue weighted by Gasteiger charge is 2.59. The fraction of sp³-hybridized carbons (Fsp3) is 0.769. The third kappa shape index (κ3) is 4.85. The summed E-state index contributed by atoms with van der Waals surface area (Å²) in [6.45, 7) is 15.4. The highest BCUT2D eigenvalue weighted by atomic mass is 16.7. The Balaban J connectivity index is 1.49. The van der Waals surface area contributed by atoms with Gasteiger partial charge in [0.25, 0.3) is 0 Å². The molecule has 4 unspecified atom stereocenters. The molecular formula is C26H41NO5. The largest absolute Gasteiger partial charge is 0.491 e. The fourth-order valence-corrected chi connectivity index (χ4v) is 5.46. The van der Waals surface area contributed by atoms with Crippen LogP contribution in [0.25, 0.3) is 0 Å². The quantitative estimate of drug-likeness (QED) is 0.472. The Morgan fingerprint density at radius 3 is 2.28 bits per heavy atom. The Kier molecular flexibility index (Phi) is 6.91. The molecule has 3 heterocycles. The first-order valence-corrected chi connectivity index (χ1v) is 12.4. The Bertz CT molecular complexity index is 758. The van der Waals surface area contributed by atoms with E-state index in [1.54, 1.807) is 0 Å². The van der Waals surface area contributed by atoms with Gasteiger partial charge in [0.05, 0.1) is 24.9 Å². The van der Waals surface area contributed by atoms with Gasteiger partial charge in [0.15, 0.2) is 5.79 Å². The smallest absolute Gasteiger partial charge is 0.172 e. The molecule has 3 saturated heterocycles. The number of nitrogens with zero attached hydrogens (tertiary/aromatic N) is 1. The molecule has 3 aliphatic heterocycles. The number of benzene rings is 1. The van der Waals surface area contributed by atoms with Gasteiger partial charge in [-0.2, -0.15) is 5.06 Å². The molecule has 0 amide bonds. The predicted octanol–water partition coefficient (Wildman–Crippen LogP) is 5.41. The topological polar surface area (TPSA) is 52.7 Å². The Morgan fingerprint density at radius 1 is 1.03 bits per heavy atom. The summed E-state index contributed by atoms with van der Waals surface area (Å²) in [7, 11) is 0. The molecule has 3 fully saturated rings. The number of hydrogen-bond acceptors (Lipinski definition) is 6. The minimum Gasteiger partial charge on any atom is -0.491 e. The van der Waals surface area contributed by atoms with Crippen LogP contribution in [0.1, 0.15) is 85.3 Å². The van der Waals surface area contributed by atoms with Crippen LogP contribution in [0.15, 0.2) is 24.3 Å². The molecule has 3 aliphatic rings. The zero-order valence-corrected chi connectivity index (χ0v) is 20.7. The van der Waals surface area contributed by atoms with Crippen molar-refractivity contribution in [3.63, 3.8) is 0 Å². The van der Waals surface area contributed by atoms with Crippen LogP contribution >= 0.6 is 0 Å². The molecule has 0 saturated carbocycles. The number of hydroxylamine groups is 2. The zero-order chi connectivity index (χ0) is 23.0. The zero-order valence-electron chi connectivity index (χ0n) is 20.7. The maximum Gasteiger partial charge on any atom is 0.172 e. The molecule has 0 N–H and O–H groups in total. The van der Waals surface area contributed by atoms with E-state index in [9.17, 15) is 0 Å². The van der Waals surface area contributed by atoms with E-state index in [2.05, 4.69) is 58.7 Å². The van der Waals surface area contributed by atoms with E-state index < -0.39 is 5.79 Å². The van der Waals surface area contributed by atoms with Crippen molar-refractivity contribution in [3.8, 4) is 5.75 Å². The lowest BCUT2D eigenvalue weighted by Crippen LogP contribution is -2.67. The van der Waals surface area contributed by atoms with Crippen LogP contribution in [-0.4, -0.2) is 54.0 Å². The van der Waals surface area contributed by atoms with E-state index in [1.807, 2.05) is 12.1 Å². The first kappa shape index (κ1) is 24.0. The van der Waals surface area contributed by atoms with Crippen LogP contribution < -0.4 is 4.74 Å². The van der Waals surface area contributed by atoms with Gasteiger partial charge in [-0.05, 0) is 57.7 Å². The number of rotatable bonds is 9. The lowest BCUT2D eigenvalue weighted by molar-refractivity contribution is -0.359. The molecule has 0 bridgehead atoms. The number of epoxide rings is 1. The van der Waals surface area contributed by atoms with E-state index in [1.165, 1.54) is 0 Å².